The van der Waals surface area contributed by atoms with Gasteiger partial charge in [-0.15, -0.1) is 0 Å². The van der Waals surface area contributed by atoms with Gasteiger partial charge in [-0.05, 0) is 36.8 Å². The first-order valence-corrected chi connectivity index (χ1v) is 6.70. The van der Waals surface area contributed by atoms with E-state index >= 15 is 0 Å². The summed E-state index contributed by atoms with van der Waals surface area (Å²) in [5, 5.41) is 0. The second-order valence-electron chi connectivity index (χ2n) is 4.88. The molecule has 0 amide bonds. The van der Waals surface area contributed by atoms with E-state index in [0.717, 1.165) is 19.3 Å². The van der Waals surface area contributed by atoms with Crippen molar-refractivity contribution in [1.29, 1.82) is 0 Å². The van der Waals surface area contributed by atoms with Gasteiger partial charge in [0.25, 0.3) is 0 Å². The third kappa shape index (κ3) is 4.10. The van der Waals surface area contributed by atoms with Crippen LogP contribution < -0.4 is 15.2 Å². The summed E-state index contributed by atoms with van der Waals surface area (Å²) in [7, 11) is 3.05. The van der Waals surface area contributed by atoms with Crippen molar-refractivity contribution in [3.63, 3.8) is 0 Å². The molecular formula is C15H24FNO2. The fourth-order valence-electron chi connectivity index (χ4n) is 2.07. The van der Waals surface area contributed by atoms with Crippen molar-refractivity contribution in [2.24, 2.45) is 5.73 Å². The Labute approximate surface area is 114 Å². The third-order valence-corrected chi connectivity index (χ3v) is 3.53. The van der Waals surface area contributed by atoms with Crippen LogP contribution in [0.2, 0.25) is 0 Å². The molecule has 1 rings (SSSR count). The van der Waals surface area contributed by atoms with E-state index in [4.69, 9.17) is 15.2 Å². The molecule has 0 fully saturated rings. The molecule has 108 valence electrons. The van der Waals surface area contributed by atoms with Crippen molar-refractivity contribution in [1.82, 2.24) is 0 Å². The monoisotopic (exact) mass is 269 g/mol. The second kappa shape index (κ2) is 7.34. The van der Waals surface area contributed by atoms with Gasteiger partial charge in [-0.3, -0.25) is 0 Å². The number of hydrogen-bond donors (Lipinski definition) is 1. The maximum Gasteiger partial charge on any atom is 0.163 e. The molecule has 0 aliphatic carbocycles. The number of hydrogen-bond acceptors (Lipinski definition) is 3. The van der Waals surface area contributed by atoms with E-state index in [1.54, 1.807) is 13.2 Å². The fraction of sp³-hybridized carbons (Fsp3) is 0.600. The molecule has 0 spiro atoms. The van der Waals surface area contributed by atoms with Crippen molar-refractivity contribution in [2.75, 3.05) is 14.2 Å². The normalized spacial score (nSPS) is 14.0. The molecule has 0 aliphatic heterocycles. The lowest BCUT2D eigenvalue weighted by molar-refractivity contribution is 0.350. The zero-order chi connectivity index (χ0) is 14.4. The Kier molecular flexibility index (Phi) is 6.09. The van der Waals surface area contributed by atoms with Gasteiger partial charge in [0.2, 0.25) is 0 Å². The van der Waals surface area contributed by atoms with Crippen LogP contribution in [-0.4, -0.2) is 20.3 Å². The maximum atomic E-state index is 14.0. The van der Waals surface area contributed by atoms with Gasteiger partial charge in [-0.1, -0.05) is 13.8 Å². The molecule has 0 aliphatic rings. The molecule has 4 heteroatoms. The maximum absolute atomic E-state index is 14.0. The van der Waals surface area contributed by atoms with Gasteiger partial charge in [0.1, 0.15) is 5.82 Å². The van der Waals surface area contributed by atoms with E-state index in [0.29, 0.717) is 17.1 Å². The highest BCUT2D eigenvalue weighted by atomic mass is 19.1. The van der Waals surface area contributed by atoms with Gasteiger partial charge in [0.15, 0.2) is 11.5 Å². The van der Waals surface area contributed by atoms with E-state index in [1.165, 1.54) is 13.2 Å². The average molecular weight is 269 g/mol. The Bertz CT molecular complexity index is 409. The first kappa shape index (κ1) is 15.8. The van der Waals surface area contributed by atoms with Gasteiger partial charge in [0.05, 0.1) is 14.2 Å². The molecule has 0 heterocycles. The minimum absolute atomic E-state index is 0.109. The van der Waals surface area contributed by atoms with Gasteiger partial charge in [-0.25, -0.2) is 4.39 Å². The fourth-order valence-corrected chi connectivity index (χ4v) is 2.07. The lowest BCUT2D eigenvalue weighted by Gasteiger charge is -2.17. The molecule has 2 unspecified atom stereocenters. The highest BCUT2D eigenvalue weighted by molar-refractivity contribution is 5.44. The predicted molar refractivity (Wildman–Crippen MR) is 75.4 cm³/mol. The zero-order valence-corrected chi connectivity index (χ0v) is 12.2. The first-order chi connectivity index (χ1) is 9.03. The Morgan fingerprint density at radius 3 is 2.26 bits per heavy atom. The predicted octanol–water partition coefficient (Wildman–Crippen LogP) is 3.46. The van der Waals surface area contributed by atoms with Crippen LogP contribution >= 0.6 is 0 Å². The van der Waals surface area contributed by atoms with Crippen LogP contribution in [0.1, 0.15) is 44.6 Å². The van der Waals surface area contributed by atoms with E-state index in [-0.39, 0.29) is 17.8 Å². The minimum Gasteiger partial charge on any atom is -0.493 e. The minimum atomic E-state index is -0.254. The summed E-state index contributed by atoms with van der Waals surface area (Å²) < 4.78 is 24.3. The largest absolute Gasteiger partial charge is 0.493 e. The third-order valence-electron chi connectivity index (χ3n) is 3.53. The number of nitrogens with two attached hydrogens (primary N) is 1. The number of benzene rings is 1. The lowest BCUT2D eigenvalue weighted by Crippen LogP contribution is -2.19. The van der Waals surface area contributed by atoms with Crippen LogP contribution in [0.15, 0.2) is 12.1 Å². The van der Waals surface area contributed by atoms with Crippen LogP contribution in [0.25, 0.3) is 0 Å². The lowest BCUT2D eigenvalue weighted by atomic mass is 9.93. The van der Waals surface area contributed by atoms with Crippen LogP contribution in [0.5, 0.6) is 11.5 Å². The Morgan fingerprint density at radius 2 is 1.74 bits per heavy atom. The quantitative estimate of drug-likeness (QED) is 0.824. The standard InChI is InChI=1S/C15H24FNO2/c1-5-11(17)7-6-10(2)12-8-14(18-3)15(19-4)9-13(12)16/h8-11H,5-7,17H2,1-4H3. The van der Waals surface area contributed by atoms with E-state index in [1.807, 2.05) is 6.92 Å². The van der Waals surface area contributed by atoms with Gasteiger partial charge in [-0.2, -0.15) is 0 Å². The summed E-state index contributed by atoms with van der Waals surface area (Å²) >= 11 is 0. The highest BCUT2D eigenvalue weighted by Crippen LogP contribution is 2.34. The Hall–Kier alpha value is -1.29. The molecule has 0 saturated heterocycles. The van der Waals surface area contributed by atoms with Gasteiger partial charge >= 0.3 is 0 Å². The van der Waals surface area contributed by atoms with E-state index in [9.17, 15) is 4.39 Å². The summed E-state index contributed by atoms with van der Waals surface area (Å²) in [6, 6.07) is 3.28. The summed E-state index contributed by atoms with van der Waals surface area (Å²) in [4.78, 5) is 0. The molecule has 2 N–H and O–H groups in total. The van der Waals surface area contributed by atoms with E-state index < -0.39 is 0 Å². The van der Waals surface area contributed by atoms with Crippen molar-refractivity contribution in [2.45, 2.75) is 45.1 Å². The first-order valence-electron chi connectivity index (χ1n) is 6.70. The van der Waals surface area contributed by atoms with E-state index in [2.05, 4.69) is 6.92 Å². The van der Waals surface area contributed by atoms with Crippen molar-refractivity contribution in [3.8, 4) is 11.5 Å². The molecule has 1 aromatic rings. The molecule has 1 aromatic carbocycles. The molecular weight excluding hydrogens is 245 g/mol. The van der Waals surface area contributed by atoms with Gasteiger partial charge in [0, 0.05) is 12.1 Å². The average Bonchev–Trinajstić information content (AvgIpc) is 2.43. The van der Waals surface area contributed by atoms with Crippen molar-refractivity contribution in [3.05, 3.63) is 23.5 Å². The summed E-state index contributed by atoms with van der Waals surface area (Å²) in [5.74, 6) is 0.833. The highest BCUT2D eigenvalue weighted by Gasteiger charge is 2.16. The molecule has 2 atom stereocenters. The summed E-state index contributed by atoms with van der Waals surface area (Å²) in [6.07, 6.45) is 2.70. The second-order valence-corrected chi connectivity index (χ2v) is 4.88. The molecule has 0 bridgehead atoms. The number of halogens is 1. The van der Waals surface area contributed by atoms with Crippen LogP contribution in [0.4, 0.5) is 4.39 Å². The number of rotatable bonds is 7. The smallest absolute Gasteiger partial charge is 0.163 e. The topological polar surface area (TPSA) is 44.5 Å². The molecule has 19 heavy (non-hydrogen) atoms. The molecule has 0 saturated carbocycles. The molecule has 0 aromatic heterocycles. The van der Waals surface area contributed by atoms with Crippen LogP contribution in [-0.2, 0) is 0 Å². The van der Waals surface area contributed by atoms with Crippen molar-refractivity contribution < 1.29 is 13.9 Å². The van der Waals surface area contributed by atoms with Crippen LogP contribution in [0.3, 0.4) is 0 Å². The summed E-state index contributed by atoms with van der Waals surface area (Å²) in [5.41, 5.74) is 6.55. The summed E-state index contributed by atoms with van der Waals surface area (Å²) in [6.45, 7) is 4.07. The molecule has 0 radical (unpaired) electrons. The number of methoxy groups -OCH3 is 2. The van der Waals surface area contributed by atoms with Crippen LogP contribution in [0, 0.1) is 5.82 Å². The zero-order valence-electron chi connectivity index (χ0n) is 12.2. The Balaban J connectivity index is 2.87. The Morgan fingerprint density at radius 1 is 1.16 bits per heavy atom. The molecule has 3 nitrogen and oxygen atoms in total. The number of ether oxygens (including phenoxy) is 2. The van der Waals surface area contributed by atoms with Gasteiger partial charge < -0.3 is 15.2 Å². The van der Waals surface area contributed by atoms with Crippen molar-refractivity contribution >= 4 is 0 Å². The SMILES string of the molecule is CCC(N)CCC(C)c1cc(OC)c(OC)cc1F.